The molecular weight excluding hydrogens is 422 g/mol. The lowest BCUT2D eigenvalue weighted by atomic mass is 9.92. The van der Waals surface area contributed by atoms with Crippen LogP contribution in [0.15, 0.2) is 48.0 Å². The van der Waals surface area contributed by atoms with Crippen LogP contribution in [-0.4, -0.2) is 55.2 Å². The molecule has 0 spiro atoms. The fourth-order valence-electron chi connectivity index (χ4n) is 4.10. The number of methoxy groups -OCH3 is 2. The van der Waals surface area contributed by atoms with E-state index in [0.29, 0.717) is 31.1 Å². The number of rotatable bonds is 9. The minimum Gasteiger partial charge on any atom is -0.506 e. The molecule has 1 N–H and O–H groups in total. The molecular formula is C26H31NO6. The van der Waals surface area contributed by atoms with Gasteiger partial charge < -0.3 is 24.2 Å². The Balaban J connectivity index is 2.16. The highest BCUT2D eigenvalue weighted by molar-refractivity contribution is 6.46. The maximum Gasteiger partial charge on any atom is 0.295 e. The quantitative estimate of drug-likeness (QED) is 0.264. The maximum atomic E-state index is 13.2. The summed E-state index contributed by atoms with van der Waals surface area (Å²) in [6.07, 6.45) is 0.636. The molecule has 2 aromatic carbocycles. The van der Waals surface area contributed by atoms with Crippen LogP contribution in [0.2, 0.25) is 0 Å². The topological polar surface area (TPSA) is 85.3 Å². The van der Waals surface area contributed by atoms with Crippen LogP contribution < -0.4 is 9.47 Å². The van der Waals surface area contributed by atoms with Crippen molar-refractivity contribution in [3.05, 3.63) is 64.7 Å². The molecule has 1 unspecified atom stereocenters. The van der Waals surface area contributed by atoms with Gasteiger partial charge in [-0.3, -0.25) is 9.59 Å². The van der Waals surface area contributed by atoms with E-state index in [9.17, 15) is 14.7 Å². The van der Waals surface area contributed by atoms with Crippen LogP contribution in [0.4, 0.5) is 0 Å². The summed E-state index contributed by atoms with van der Waals surface area (Å²) in [5.41, 5.74) is 1.94. The molecule has 1 aliphatic rings. The fourth-order valence-corrected chi connectivity index (χ4v) is 4.10. The second-order valence-electron chi connectivity index (χ2n) is 8.16. The minimum absolute atomic E-state index is 0.0156. The molecule has 1 fully saturated rings. The van der Waals surface area contributed by atoms with E-state index in [1.54, 1.807) is 18.2 Å². The molecule has 7 heteroatoms. The van der Waals surface area contributed by atoms with Gasteiger partial charge in [-0.15, -0.1) is 0 Å². The van der Waals surface area contributed by atoms with E-state index >= 15 is 0 Å². The summed E-state index contributed by atoms with van der Waals surface area (Å²) in [6, 6.07) is 11.9. The molecule has 1 atom stereocenters. The van der Waals surface area contributed by atoms with Crippen LogP contribution in [-0.2, 0) is 14.3 Å². The number of aliphatic hydroxyl groups is 1. The van der Waals surface area contributed by atoms with Crippen LogP contribution in [0.3, 0.4) is 0 Å². The minimum atomic E-state index is -0.738. The highest BCUT2D eigenvalue weighted by atomic mass is 16.5. The lowest BCUT2D eigenvalue weighted by Gasteiger charge is -2.27. The first-order valence-corrected chi connectivity index (χ1v) is 11.0. The summed E-state index contributed by atoms with van der Waals surface area (Å²) in [6.45, 7) is 6.58. The van der Waals surface area contributed by atoms with Gasteiger partial charge in [0.1, 0.15) is 22.8 Å². The number of likely N-dealkylation sites (tertiary alicyclic amines) is 1. The molecule has 0 bridgehead atoms. The molecule has 0 saturated carbocycles. The molecule has 0 aliphatic carbocycles. The van der Waals surface area contributed by atoms with Gasteiger partial charge >= 0.3 is 0 Å². The van der Waals surface area contributed by atoms with E-state index in [-0.39, 0.29) is 23.0 Å². The van der Waals surface area contributed by atoms with Crippen molar-refractivity contribution in [3.8, 4) is 11.5 Å². The van der Waals surface area contributed by atoms with Crippen molar-refractivity contribution in [1.29, 1.82) is 0 Å². The highest BCUT2D eigenvalue weighted by Gasteiger charge is 2.46. The number of carbonyl (C=O) groups excluding carboxylic acids is 2. The van der Waals surface area contributed by atoms with Gasteiger partial charge in [-0.1, -0.05) is 30.3 Å². The third-order valence-electron chi connectivity index (χ3n) is 5.68. The van der Waals surface area contributed by atoms with Crippen LogP contribution >= 0.6 is 0 Å². The summed E-state index contributed by atoms with van der Waals surface area (Å²) in [7, 11) is 2.94. The van der Waals surface area contributed by atoms with Crippen molar-refractivity contribution >= 4 is 17.4 Å². The van der Waals surface area contributed by atoms with Crippen LogP contribution in [0.1, 0.15) is 43.0 Å². The molecule has 0 radical (unpaired) electrons. The number of Topliss-reactive ketones (excluding diaryl/α,β-unsaturated/α-hetero) is 1. The van der Waals surface area contributed by atoms with Crippen molar-refractivity contribution in [2.75, 3.05) is 27.4 Å². The second kappa shape index (κ2) is 10.5. The third kappa shape index (κ3) is 4.88. The summed E-state index contributed by atoms with van der Waals surface area (Å²) in [5, 5.41) is 11.4. The van der Waals surface area contributed by atoms with Gasteiger partial charge in [0.15, 0.2) is 0 Å². The number of hydrogen-bond acceptors (Lipinski definition) is 6. The largest absolute Gasteiger partial charge is 0.506 e. The van der Waals surface area contributed by atoms with E-state index in [0.717, 1.165) is 11.1 Å². The molecule has 7 nitrogen and oxygen atoms in total. The first-order chi connectivity index (χ1) is 15.8. The maximum absolute atomic E-state index is 13.2. The normalized spacial score (nSPS) is 17.6. The van der Waals surface area contributed by atoms with Gasteiger partial charge in [0.2, 0.25) is 0 Å². The predicted octanol–water partition coefficient (Wildman–Crippen LogP) is 4.25. The van der Waals surface area contributed by atoms with E-state index in [1.807, 2.05) is 45.0 Å². The van der Waals surface area contributed by atoms with Gasteiger partial charge in [0.05, 0.1) is 31.9 Å². The highest BCUT2D eigenvalue weighted by Crippen LogP contribution is 2.44. The van der Waals surface area contributed by atoms with E-state index in [2.05, 4.69) is 0 Å². The number of aryl methyl sites for hydroxylation is 1. The molecule has 3 rings (SSSR count). The zero-order valence-electron chi connectivity index (χ0n) is 19.8. The Morgan fingerprint density at radius 1 is 1.03 bits per heavy atom. The second-order valence-corrected chi connectivity index (χ2v) is 8.16. The van der Waals surface area contributed by atoms with Gasteiger partial charge in [0.25, 0.3) is 11.7 Å². The lowest BCUT2D eigenvalue weighted by molar-refractivity contribution is -0.140. The molecule has 1 amide bonds. The van der Waals surface area contributed by atoms with E-state index < -0.39 is 17.7 Å². The fraction of sp³-hybridized carbons (Fsp3) is 0.385. The first kappa shape index (κ1) is 24.3. The van der Waals surface area contributed by atoms with E-state index in [1.165, 1.54) is 19.1 Å². The zero-order chi connectivity index (χ0) is 24.1. The number of carbonyl (C=O) groups is 2. The zero-order valence-corrected chi connectivity index (χ0v) is 19.8. The average Bonchev–Trinajstić information content (AvgIpc) is 3.05. The van der Waals surface area contributed by atoms with Crippen molar-refractivity contribution in [1.82, 2.24) is 4.90 Å². The molecule has 176 valence electrons. The molecule has 2 aromatic rings. The smallest absolute Gasteiger partial charge is 0.295 e. The number of hydrogen-bond donors (Lipinski definition) is 1. The Morgan fingerprint density at radius 3 is 2.24 bits per heavy atom. The lowest BCUT2D eigenvalue weighted by Crippen LogP contribution is -2.31. The predicted molar refractivity (Wildman–Crippen MR) is 125 cm³/mol. The third-order valence-corrected chi connectivity index (χ3v) is 5.68. The molecule has 1 aliphatic heterocycles. The summed E-state index contributed by atoms with van der Waals surface area (Å²) < 4.78 is 16.5. The molecule has 0 aromatic heterocycles. The van der Waals surface area contributed by atoms with Crippen LogP contribution in [0.5, 0.6) is 11.5 Å². The van der Waals surface area contributed by atoms with Crippen LogP contribution in [0.25, 0.3) is 5.76 Å². The Morgan fingerprint density at radius 2 is 1.67 bits per heavy atom. The number of aliphatic hydroxyl groups excluding tert-OH is 1. The Kier molecular flexibility index (Phi) is 7.76. The molecule has 1 heterocycles. The van der Waals surface area contributed by atoms with Crippen LogP contribution in [0, 0.1) is 6.92 Å². The van der Waals surface area contributed by atoms with Crippen molar-refractivity contribution in [2.45, 2.75) is 39.3 Å². The number of nitrogens with zero attached hydrogens (tertiary/aromatic N) is 1. The van der Waals surface area contributed by atoms with Crippen molar-refractivity contribution in [3.63, 3.8) is 0 Å². The van der Waals surface area contributed by atoms with Gasteiger partial charge in [-0.2, -0.15) is 0 Å². The first-order valence-electron chi connectivity index (χ1n) is 11.0. The number of amides is 1. The molecule has 33 heavy (non-hydrogen) atoms. The van der Waals surface area contributed by atoms with E-state index in [4.69, 9.17) is 14.2 Å². The number of benzene rings is 2. The number of ketones is 1. The van der Waals surface area contributed by atoms with Gasteiger partial charge in [-0.25, -0.2) is 0 Å². The van der Waals surface area contributed by atoms with Gasteiger partial charge in [0, 0.05) is 13.2 Å². The Labute approximate surface area is 194 Å². The van der Waals surface area contributed by atoms with Crippen molar-refractivity contribution < 1.29 is 28.9 Å². The van der Waals surface area contributed by atoms with Gasteiger partial charge in [-0.05, 0) is 50.5 Å². The average molecular weight is 454 g/mol. The molecule has 1 saturated heterocycles. The summed E-state index contributed by atoms with van der Waals surface area (Å²) in [5.74, 6) is -1.03. The number of ether oxygens (including phenoxy) is 3. The monoisotopic (exact) mass is 453 g/mol. The summed E-state index contributed by atoms with van der Waals surface area (Å²) >= 11 is 0. The Bertz CT molecular complexity index is 1040. The summed E-state index contributed by atoms with van der Waals surface area (Å²) in [4.78, 5) is 27.9. The SMILES string of the molecule is COc1cccc(OC)c1/C(O)=C1\C(=O)C(=O)N(CCCOC(C)C)C1c1ccccc1C. The Hall–Kier alpha value is -3.32. The standard InChI is InChI=1S/C26H31NO6/c1-16(2)33-15-9-14-27-23(18-11-7-6-10-17(18)3)22(25(29)26(27)30)24(28)21-19(31-4)12-8-13-20(21)32-5/h6-8,10-13,16,23,28H,9,14-15H2,1-5H3/b24-22+. The van der Waals surface area contributed by atoms with Crippen molar-refractivity contribution in [2.24, 2.45) is 0 Å².